The minimum atomic E-state index is -0.0856. The molecule has 0 aliphatic carbocycles. The molecule has 2 aromatic rings. The Morgan fingerprint density at radius 1 is 1.46 bits per heavy atom. The van der Waals surface area contributed by atoms with Crippen molar-refractivity contribution in [3.63, 3.8) is 0 Å². The van der Waals surface area contributed by atoms with Gasteiger partial charge >= 0.3 is 6.03 Å². The molecule has 0 radical (unpaired) electrons. The first-order valence-corrected chi connectivity index (χ1v) is 7.97. The second-order valence-corrected chi connectivity index (χ2v) is 5.91. The summed E-state index contributed by atoms with van der Waals surface area (Å²) in [6.07, 6.45) is 1.64. The number of carbonyl (C=O) groups is 1. The van der Waals surface area contributed by atoms with Gasteiger partial charge in [0.1, 0.15) is 0 Å². The van der Waals surface area contributed by atoms with Crippen LogP contribution in [0.15, 0.2) is 28.8 Å². The number of carbonyl (C=O) groups excluding carboxylic acids is 1. The maximum Gasteiger partial charge on any atom is 0.317 e. The highest BCUT2D eigenvalue weighted by atomic mass is 16.5. The third-order valence-electron chi connectivity index (χ3n) is 4.17. The van der Waals surface area contributed by atoms with E-state index in [4.69, 9.17) is 9.78 Å². The summed E-state index contributed by atoms with van der Waals surface area (Å²) in [5, 5.41) is 15.6. The van der Waals surface area contributed by atoms with Gasteiger partial charge in [-0.15, -0.1) is 0 Å². The van der Waals surface area contributed by atoms with E-state index in [-0.39, 0.29) is 11.9 Å². The van der Waals surface area contributed by atoms with Crippen LogP contribution < -0.4 is 5.32 Å². The number of piperidine rings is 1. The number of benzene rings is 1. The summed E-state index contributed by atoms with van der Waals surface area (Å²) in [7, 11) is 0. The van der Waals surface area contributed by atoms with Crippen LogP contribution in [0.4, 0.5) is 4.79 Å². The standard InChI is InChI=1S/C17H19N5O2/c1-12-20-16(24-21-12)15-5-7-22(8-6-15)17(23)19-11-14-4-2-3-13(9-14)10-18/h2-4,9,15H,5-8,11H2,1H3,(H,19,23). The molecule has 0 saturated carbocycles. The van der Waals surface area contributed by atoms with Gasteiger partial charge in [-0.05, 0) is 37.5 Å². The molecule has 0 atom stereocenters. The number of rotatable bonds is 3. The minimum absolute atomic E-state index is 0.0856. The van der Waals surface area contributed by atoms with Gasteiger partial charge in [-0.1, -0.05) is 17.3 Å². The maximum absolute atomic E-state index is 12.3. The van der Waals surface area contributed by atoms with Crippen molar-refractivity contribution in [2.75, 3.05) is 13.1 Å². The lowest BCUT2D eigenvalue weighted by Gasteiger charge is -2.30. The zero-order valence-electron chi connectivity index (χ0n) is 13.5. The zero-order valence-corrected chi connectivity index (χ0v) is 13.5. The molecular formula is C17H19N5O2. The molecule has 1 N–H and O–H groups in total. The molecule has 0 bridgehead atoms. The lowest BCUT2D eigenvalue weighted by Crippen LogP contribution is -2.43. The topological polar surface area (TPSA) is 95.0 Å². The van der Waals surface area contributed by atoms with E-state index in [1.165, 1.54) is 0 Å². The number of urea groups is 1. The third-order valence-corrected chi connectivity index (χ3v) is 4.17. The summed E-state index contributed by atoms with van der Waals surface area (Å²) in [6.45, 7) is 3.54. The summed E-state index contributed by atoms with van der Waals surface area (Å²) in [5.41, 5.74) is 1.51. The summed E-state index contributed by atoms with van der Waals surface area (Å²) >= 11 is 0. The van der Waals surface area contributed by atoms with Crippen LogP contribution in [0.1, 0.15) is 41.6 Å². The Bertz CT molecular complexity index is 756. The van der Waals surface area contributed by atoms with Crippen LogP contribution in [-0.4, -0.2) is 34.2 Å². The first-order valence-electron chi connectivity index (χ1n) is 7.97. The van der Waals surface area contributed by atoms with E-state index in [0.717, 1.165) is 18.4 Å². The summed E-state index contributed by atoms with van der Waals surface area (Å²) in [4.78, 5) is 18.3. The second-order valence-electron chi connectivity index (χ2n) is 5.91. The average molecular weight is 325 g/mol. The average Bonchev–Trinajstić information content (AvgIpc) is 3.06. The smallest absolute Gasteiger partial charge is 0.317 e. The van der Waals surface area contributed by atoms with Gasteiger partial charge in [0.2, 0.25) is 5.89 Å². The van der Waals surface area contributed by atoms with Crippen LogP contribution in [0.3, 0.4) is 0 Å². The molecule has 2 heterocycles. The molecule has 1 aromatic carbocycles. The molecule has 3 rings (SSSR count). The number of aromatic nitrogens is 2. The highest BCUT2D eigenvalue weighted by Gasteiger charge is 2.27. The maximum atomic E-state index is 12.3. The number of nitrogens with one attached hydrogen (secondary N) is 1. The van der Waals surface area contributed by atoms with E-state index in [9.17, 15) is 4.79 Å². The number of hydrogen-bond donors (Lipinski definition) is 1. The molecular weight excluding hydrogens is 306 g/mol. The van der Waals surface area contributed by atoms with Gasteiger partial charge in [0.15, 0.2) is 5.82 Å². The number of likely N-dealkylation sites (tertiary alicyclic amines) is 1. The van der Waals surface area contributed by atoms with Crippen LogP contribution in [0.25, 0.3) is 0 Å². The van der Waals surface area contributed by atoms with Crippen molar-refractivity contribution in [1.29, 1.82) is 5.26 Å². The highest BCUT2D eigenvalue weighted by Crippen LogP contribution is 2.26. The Morgan fingerprint density at radius 2 is 2.25 bits per heavy atom. The van der Waals surface area contributed by atoms with E-state index in [1.54, 1.807) is 24.0 Å². The number of aryl methyl sites for hydroxylation is 1. The number of nitrogens with zero attached hydrogens (tertiary/aromatic N) is 4. The predicted octanol–water partition coefficient (Wildman–Crippen LogP) is 2.34. The Kier molecular flexibility index (Phi) is 4.75. The van der Waals surface area contributed by atoms with Gasteiger partial charge in [0.05, 0.1) is 11.6 Å². The molecule has 1 aliphatic heterocycles. The Balaban J connectivity index is 1.49. The van der Waals surface area contributed by atoms with Gasteiger partial charge < -0.3 is 14.7 Å². The number of hydrogen-bond acceptors (Lipinski definition) is 5. The van der Waals surface area contributed by atoms with Gasteiger partial charge in [0.25, 0.3) is 0 Å². The van der Waals surface area contributed by atoms with Crippen molar-refractivity contribution in [3.8, 4) is 6.07 Å². The zero-order chi connectivity index (χ0) is 16.9. The molecule has 24 heavy (non-hydrogen) atoms. The van der Waals surface area contributed by atoms with Gasteiger partial charge in [-0.3, -0.25) is 0 Å². The van der Waals surface area contributed by atoms with E-state index in [0.29, 0.717) is 36.9 Å². The van der Waals surface area contributed by atoms with E-state index < -0.39 is 0 Å². The molecule has 7 nitrogen and oxygen atoms in total. The van der Waals surface area contributed by atoms with Crippen LogP contribution in [-0.2, 0) is 6.54 Å². The fraction of sp³-hybridized carbons (Fsp3) is 0.412. The van der Waals surface area contributed by atoms with Crippen LogP contribution in [0.5, 0.6) is 0 Å². The minimum Gasteiger partial charge on any atom is -0.339 e. The highest BCUT2D eigenvalue weighted by molar-refractivity contribution is 5.74. The molecule has 124 valence electrons. The van der Waals surface area contributed by atoms with Crippen molar-refractivity contribution in [3.05, 3.63) is 47.1 Å². The molecule has 0 spiro atoms. The Labute approximate surface area is 140 Å². The molecule has 1 aliphatic rings. The number of nitriles is 1. The fourth-order valence-electron chi connectivity index (χ4n) is 2.85. The van der Waals surface area contributed by atoms with Crippen molar-refractivity contribution in [2.24, 2.45) is 0 Å². The second kappa shape index (κ2) is 7.13. The van der Waals surface area contributed by atoms with Crippen LogP contribution >= 0.6 is 0 Å². The molecule has 7 heteroatoms. The first kappa shape index (κ1) is 16.0. The first-order chi connectivity index (χ1) is 11.7. The SMILES string of the molecule is Cc1noc(C2CCN(C(=O)NCc3cccc(C#N)c3)CC2)n1. The lowest BCUT2D eigenvalue weighted by molar-refractivity contribution is 0.175. The van der Waals surface area contributed by atoms with Crippen molar-refractivity contribution in [2.45, 2.75) is 32.2 Å². The summed E-state index contributed by atoms with van der Waals surface area (Å²) < 4.78 is 5.22. The van der Waals surface area contributed by atoms with Crippen LogP contribution in [0.2, 0.25) is 0 Å². The largest absolute Gasteiger partial charge is 0.339 e. The Hall–Kier alpha value is -2.88. The molecule has 0 unspecified atom stereocenters. The summed E-state index contributed by atoms with van der Waals surface area (Å²) in [6, 6.07) is 9.25. The van der Waals surface area contributed by atoms with E-state index >= 15 is 0 Å². The van der Waals surface area contributed by atoms with Crippen molar-refractivity contribution < 1.29 is 9.32 Å². The monoisotopic (exact) mass is 325 g/mol. The Morgan fingerprint density at radius 3 is 2.92 bits per heavy atom. The summed E-state index contributed by atoms with van der Waals surface area (Å²) in [5.74, 6) is 1.54. The third kappa shape index (κ3) is 3.71. The van der Waals surface area contributed by atoms with Crippen molar-refractivity contribution in [1.82, 2.24) is 20.4 Å². The fourth-order valence-corrected chi connectivity index (χ4v) is 2.85. The van der Waals surface area contributed by atoms with Gasteiger partial charge in [-0.2, -0.15) is 10.2 Å². The predicted molar refractivity (Wildman–Crippen MR) is 86.0 cm³/mol. The lowest BCUT2D eigenvalue weighted by atomic mass is 9.97. The molecule has 2 amide bonds. The van der Waals surface area contributed by atoms with Crippen molar-refractivity contribution >= 4 is 6.03 Å². The van der Waals surface area contributed by atoms with E-state index in [2.05, 4.69) is 21.5 Å². The van der Waals surface area contributed by atoms with Gasteiger partial charge in [0, 0.05) is 25.6 Å². The normalized spacial score (nSPS) is 15.1. The molecule has 1 aromatic heterocycles. The molecule has 1 saturated heterocycles. The number of amides is 2. The quantitative estimate of drug-likeness (QED) is 0.934. The molecule has 1 fully saturated rings. The van der Waals surface area contributed by atoms with E-state index in [1.807, 2.05) is 12.1 Å². The van der Waals surface area contributed by atoms with Gasteiger partial charge in [-0.25, -0.2) is 4.79 Å². The van der Waals surface area contributed by atoms with Crippen LogP contribution in [0, 0.1) is 18.3 Å².